The summed E-state index contributed by atoms with van der Waals surface area (Å²) in [6.45, 7) is 4.13. The van der Waals surface area contributed by atoms with Gasteiger partial charge in [-0.1, -0.05) is 66.7 Å². The molecule has 1 N–H and O–H groups in total. The van der Waals surface area contributed by atoms with Crippen molar-refractivity contribution in [2.24, 2.45) is 0 Å². The Balaban J connectivity index is 2.21. The van der Waals surface area contributed by atoms with Crippen LogP contribution in [0.1, 0.15) is 11.1 Å². The zero-order valence-corrected chi connectivity index (χ0v) is 12.3. The fourth-order valence-electron chi connectivity index (χ4n) is 2.73. The van der Waals surface area contributed by atoms with E-state index >= 15 is 0 Å². The van der Waals surface area contributed by atoms with Crippen LogP contribution in [0.4, 0.5) is 0 Å². The van der Waals surface area contributed by atoms with Crippen LogP contribution in [0.3, 0.4) is 0 Å². The summed E-state index contributed by atoms with van der Waals surface area (Å²) in [7, 11) is 0. The Hall–Kier alpha value is -2.54. The Morgan fingerprint density at radius 3 is 1.33 bits per heavy atom. The maximum atomic E-state index is 10.7. The summed E-state index contributed by atoms with van der Waals surface area (Å²) in [4.78, 5) is 0. The number of rotatable bonds is 2. The van der Waals surface area contributed by atoms with Crippen LogP contribution in [0.2, 0.25) is 0 Å². The minimum Gasteiger partial charge on any atom is -0.507 e. The molecule has 0 amide bonds. The van der Waals surface area contributed by atoms with Crippen LogP contribution in [0.5, 0.6) is 5.75 Å². The molecule has 0 bridgehead atoms. The number of benzene rings is 3. The van der Waals surface area contributed by atoms with Crippen LogP contribution in [0, 0.1) is 13.8 Å². The highest BCUT2D eigenvalue weighted by molar-refractivity contribution is 5.84. The topological polar surface area (TPSA) is 20.2 Å². The van der Waals surface area contributed by atoms with E-state index in [0.717, 1.165) is 33.4 Å². The van der Waals surface area contributed by atoms with E-state index in [1.54, 1.807) is 0 Å². The number of phenolic OH excluding ortho intramolecular Hbond substituents is 1. The highest BCUT2D eigenvalue weighted by atomic mass is 16.3. The van der Waals surface area contributed by atoms with Gasteiger partial charge in [0, 0.05) is 11.1 Å². The van der Waals surface area contributed by atoms with Gasteiger partial charge in [-0.15, -0.1) is 0 Å². The second-order valence-corrected chi connectivity index (χ2v) is 5.33. The van der Waals surface area contributed by atoms with Crippen LogP contribution in [0.25, 0.3) is 22.3 Å². The lowest BCUT2D eigenvalue weighted by Gasteiger charge is -2.13. The van der Waals surface area contributed by atoms with Crippen molar-refractivity contribution in [3.8, 4) is 28.0 Å². The lowest BCUT2D eigenvalue weighted by Crippen LogP contribution is -1.88. The average Bonchev–Trinajstić information content (AvgIpc) is 2.49. The average molecular weight is 274 g/mol. The first-order valence-electron chi connectivity index (χ1n) is 7.12. The number of hydrogen-bond acceptors (Lipinski definition) is 1. The zero-order chi connectivity index (χ0) is 14.8. The van der Waals surface area contributed by atoms with Crippen LogP contribution in [-0.2, 0) is 0 Å². The molecule has 0 aliphatic rings. The fourth-order valence-corrected chi connectivity index (χ4v) is 2.73. The molecule has 0 aromatic heterocycles. The van der Waals surface area contributed by atoms with E-state index < -0.39 is 0 Å². The van der Waals surface area contributed by atoms with Gasteiger partial charge >= 0.3 is 0 Å². The monoisotopic (exact) mass is 274 g/mol. The second kappa shape index (κ2) is 5.45. The number of aromatic hydroxyl groups is 1. The first-order valence-corrected chi connectivity index (χ1v) is 7.12. The van der Waals surface area contributed by atoms with Crippen molar-refractivity contribution in [2.75, 3.05) is 0 Å². The molecule has 1 heteroatoms. The van der Waals surface area contributed by atoms with Gasteiger partial charge in [-0.3, -0.25) is 0 Å². The van der Waals surface area contributed by atoms with Crippen molar-refractivity contribution in [3.63, 3.8) is 0 Å². The standard InChI is InChI=1S/C20H18O/c1-14-8-3-5-10-16(14)18-12-7-13-19(20(18)21)17-11-6-4-9-15(17)2/h3-13,21H,1-2H3. The maximum Gasteiger partial charge on any atom is 0.131 e. The highest BCUT2D eigenvalue weighted by Crippen LogP contribution is 2.39. The largest absolute Gasteiger partial charge is 0.507 e. The molecule has 0 aliphatic carbocycles. The molecule has 0 unspecified atom stereocenters. The molecule has 0 spiro atoms. The summed E-state index contributed by atoms with van der Waals surface area (Å²) >= 11 is 0. The Kier molecular flexibility index (Phi) is 3.49. The Labute approximate surface area is 125 Å². The molecule has 3 rings (SSSR count). The molecule has 0 saturated carbocycles. The summed E-state index contributed by atoms with van der Waals surface area (Å²) in [6, 6.07) is 22.2. The van der Waals surface area contributed by atoms with Crippen molar-refractivity contribution in [1.82, 2.24) is 0 Å². The van der Waals surface area contributed by atoms with Gasteiger partial charge in [-0.05, 0) is 36.1 Å². The van der Waals surface area contributed by atoms with Gasteiger partial charge in [0.25, 0.3) is 0 Å². The maximum absolute atomic E-state index is 10.7. The molecule has 0 saturated heterocycles. The summed E-state index contributed by atoms with van der Waals surface area (Å²) in [5, 5.41) is 10.7. The summed E-state index contributed by atoms with van der Waals surface area (Å²) in [5.74, 6) is 0.348. The zero-order valence-electron chi connectivity index (χ0n) is 12.3. The lowest BCUT2D eigenvalue weighted by atomic mass is 9.93. The van der Waals surface area contributed by atoms with Gasteiger partial charge in [-0.25, -0.2) is 0 Å². The first-order chi connectivity index (χ1) is 10.2. The minimum absolute atomic E-state index is 0.348. The van der Waals surface area contributed by atoms with Crippen LogP contribution in [-0.4, -0.2) is 5.11 Å². The van der Waals surface area contributed by atoms with E-state index in [0.29, 0.717) is 5.75 Å². The third-order valence-corrected chi connectivity index (χ3v) is 3.91. The van der Waals surface area contributed by atoms with E-state index in [4.69, 9.17) is 0 Å². The Bertz CT molecular complexity index is 724. The normalized spacial score (nSPS) is 10.6. The minimum atomic E-state index is 0.348. The van der Waals surface area contributed by atoms with E-state index in [-0.39, 0.29) is 0 Å². The van der Waals surface area contributed by atoms with E-state index in [2.05, 4.69) is 26.0 Å². The van der Waals surface area contributed by atoms with E-state index in [1.807, 2.05) is 54.6 Å². The quantitative estimate of drug-likeness (QED) is 0.668. The van der Waals surface area contributed by atoms with Crippen molar-refractivity contribution >= 4 is 0 Å². The van der Waals surface area contributed by atoms with Gasteiger partial charge in [-0.2, -0.15) is 0 Å². The summed E-state index contributed by atoms with van der Waals surface area (Å²) in [6.07, 6.45) is 0. The fraction of sp³-hybridized carbons (Fsp3) is 0.100. The molecular formula is C20H18O. The van der Waals surface area contributed by atoms with Gasteiger partial charge < -0.3 is 5.11 Å². The molecule has 3 aromatic rings. The smallest absolute Gasteiger partial charge is 0.131 e. The van der Waals surface area contributed by atoms with E-state index in [9.17, 15) is 5.11 Å². The first kappa shape index (κ1) is 13.4. The molecular weight excluding hydrogens is 256 g/mol. The highest BCUT2D eigenvalue weighted by Gasteiger charge is 2.12. The molecule has 21 heavy (non-hydrogen) atoms. The molecule has 0 heterocycles. The summed E-state index contributed by atoms with van der Waals surface area (Å²) < 4.78 is 0. The predicted molar refractivity (Wildman–Crippen MR) is 88.5 cm³/mol. The number of para-hydroxylation sites is 1. The van der Waals surface area contributed by atoms with Crippen molar-refractivity contribution in [2.45, 2.75) is 13.8 Å². The third-order valence-electron chi connectivity index (χ3n) is 3.91. The lowest BCUT2D eigenvalue weighted by molar-refractivity contribution is 0.479. The molecule has 104 valence electrons. The Morgan fingerprint density at radius 1 is 0.524 bits per heavy atom. The van der Waals surface area contributed by atoms with Gasteiger partial charge in [0.15, 0.2) is 0 Å². The molecule has 0 fully saturated rings. The number of hydrogen-bond donors (Lipinski definition) is 1. The Morgan fingerprint density at radius 2 is 0.905 bits per heavy atom. The molecule has 0 radical (unpaired) electrons. The van der Waals surface area contributed by atoms with Crippen LogP contribution < -0.4 is 0 Å². The summed E-state index contributed by atoms with van der Waals surface area (Å²) in [5.41, 5.74) is 6.24. The second-order valence-electron chi connectivity index (χ2n) is 5.33. The predicted octanol–water partition coefficient (Wildman–Crippen LogP) is 5.34. The number of aryl methyl sites for hydroxylation is 2. The van der Waals surface area contributed by atoms with Gasteiger partial charge in [0.1, 0.15) is 5.75 Å². The molecule has 1 nitrogen and oxygen atoms in total. The van der Waals surface area contributed by atoms with Crippen LogP contribution >= 0.6 is 0 Å². The third kappa shape index (κ3) is 2.43. The van der Waals surface area contributed by atoms with Crippen molar-refractivity contribution in [3.05, 3.63) is 77.9 Å². The molecule has 0 atom stereocenters. The number of phenols is 1. The van der Waals surface area contributed by atoms with Crippen molar-refractivity contribution < 1.29 is 5.11 Å². The van der Waals surface area contributed by atoms with Gasteiger partial charge in [0.05, 0.1) is 0 Å². The molecule has 3 aromatic carbocycles. The SMILES string of the molecule is Cc1ccccc1-c1cccc(-c2ccccc2C)c1O. The van der Waals surface area contributed by atoms with Crippen LogP contribution in [0.15, 0.2) is 66.7 Å². The van der Waals surface area contributed by atoms with Crippen molar-refractivity contribution in [1.29, 1.82) is 0 Å². The van der Waals surface area contributed by atoms with Gasteiger partial charge in [0.2, 0.25) is 0 Å². The molecule has 0 aliphatic heterocycles. The van der Waals surface area contributed by atoms with E-state index in [1.165, 1.54) is 0 Å².